The fourth-order valence-electron chi connectivity index (χ4n) is 1.15. The first-order valence-corrected chi connectivity index (χ1v) is 5.23. The van der Waals surface area contributed by atoms with Gasteiger partial charge in [0.15, 0.2) is 0 Å². The van der Waals surface area contributed by atoms with E-state index in [0.29, 0.717) is 16.6 Å². The van der Waals surface area contributed by atoms with E-state index in [4.69, 9.17) is 10.5 Å². The van der Waals surface area contributed by atoms with E-state index in [1.54, 1.807) is 13.0 Å². The van der Waals surface area contributed by atoms with Crippen LogP contribution in [0.4, 0.5) is 10.1 Å². The van der Waals surface area contributed by atoms with E-state index in [2.05, 4.69) is 15.9 Å². The molecule has 0 atom stereocenters. The van der Waals surface area contributed by atoms with Crippen LogP contribution in [0.15, 0.2) is 16.6 Å². The van der Waals surface area contributed by atoms with E-state index in [1.165, 1.54) is 6.07 Å². The predicted molar refractivity (Wildman–Crippen MR) is 58.8 cm³/mol. The van der Waals surface area contributed by atoms with Gasteiger partial charge in [0, 0.05) is 4.47 Å². The van der Waals surface area contributed by atoms with E-state index in [0.717, 1.165) is 0 Å². The lowest BCUT2D eigenvalue weighted by Crippen LogP contribution is -2.10. The number of benzene rings is 1. The largest absolute Gasteiger partial charge is 0.466 e. The maximum Gasteiger partial charge on any atom is 0.310 e. The summed E-state index contributed by atoms with van der Waals surface area (Å²) in [4.78, 5) is 11.2. The number of ether oxygens (including phenoxy) is 1. The molecule has 0 aliphatic heterocycles. The average Bonchev–Trinajstić information content (AvgIpc) is 2.13. The minimum Gasteiger partial charge on any atom is -0.466 e. The summed E-state index contributed by atoms with van der Waals surface area (Å²) in [6, 6.07) is 2.86. The van der Waals surface area contributed by atoms with Gasteiger partial charge < -0.3 is 10.5 Å². The Kier molecular flexibility index (Phi) is 4.08. The lowest BCUT2D eigenvalue weighted by Gasteiger charge is -2.07. The SMILES string of the molecule is CCOC(=O)Cc1cc(Br)cc(F)c1N. The maximum absolute atomic E-state index is 13.2. The van der Waals surface area contributed by atoms with Gasteiger partial charge in [0.05, 0.1) is 18.7 Å². The van der Waals surface area contributed by atoms with Crippen molar-refractivity contribution in [2.24, 2.45) is 0 Å². The summed E-state index contributed by atoms with van der Waals surface area (Å²) in [5.74, 6) is -0.953. The Balaban J connectivity index is 2.89. The topological polar surface area (TPSA) is 52.3 Å². The van der Waals surface area contributed by atoms with Crippen molar-refractivity contribution in [3.63, 3.8) is 0 Å². The van der Waals surface area contributed by atoms with Crippen molar-refractivity contribution >= 4 is 27.6 Å². The third-order valence-corrected chi connectivity index (χ3v) is 2.28. The summed E-state index contributed by atoms with van der Waals surface area (Å²) in [7, 11) is 0. The number of hydrogen-bond donors (Lipinski definition) is 1. The first-order chi connectivity index (χ1) is 7.04. The number of halogens is 2. The van der Waals surface area contributed by atoms with Crippen molar-refractivity contribution in [1.29, 1.82) is 0 Å². The standard InChI is InChI=1S/C10H11BrFNO2/c1-2-15-9(14)4-6-3-7(11)5-8(12)10(6)13/h3,5H,2,4,13H2,1H3. The zero-order valence-corrected chi connectivity index (χ0v) is 9.80. The molecule has 1 rings (SSSR count). The molecule has 0 saturated heterocycles. The lowest BCUT2D eigenvalue weighted by molar-refractivity contribution is -0.142. The summed E-state index contributed by atoms with van der Waals surface area (Å²) in [6.07, 6.45) is -0.0178. The third-order valence-electron chi connectivity index (χ3n) is 1.82. The van der Waals surface area contributed by atoms with Crippen molar-refractivity contribution in [2.75, 3.05) is 12.3 Å². The Morgan fingerprint density at radius 1 is 1.60 bits per heavy atom. The third kappa shape index (κ3) is 3.20. The van der Waals surface area contributed by atoms with Gasteiger partial charge in [0.2, 0.25) is 0 Å². The van der Waals surface area contributed by atoms with Gasteiger partial charge in [0.25, 0.3) is 0 Å². The Labute approximate surface area is 95.5 Å². The molecule has 0 saturated carbocycles. The molecule has 0 amide bonds. The Bertz CT molecular complexity index is 382. The molecule has 1 aromatic rings. The summed E-state index contributed by atoms with van der Waals surface area (Å²) < 4.78 is 18.5. The van der Waals surface area contributed by atoms with E-state index in [1.807, 2.05) is 0 Å². The van der Waals surface area contributed by atoms with Crippen molar-refractivity contribution < 1.29 is 13.9 Å². The van der Waals surface area contributed by atoms with Gasteiger partial charge in [-0.3, -0.25) is 4.79 Å². The van der Waals surface area contributed by atoms with Crippen LogP contribution in [0, 0.1) is 5.82 Å². The molecule has 0 unspecified atom stereocenters. The quantitative estimate of drug-likeness (QED) is 0.680. The monoisotopic (exact) mass is 275 g/mol. The number of hydrogen-bond acceptors (Lipinski definition) is 3. The summed E-state index contributed by atoms with van der Waals surface area (Å²) in [5, 5.41) is 0. The molecule has 0 aromatic heterocycles. The minimum absolute atomic E-state index is 0.00810. The smallest absolute Gasteiger partial charge is 0.310 e. The second-order valence-electron chi connectivity index (χ2n) is 2.94. The normalized spacial score (nSPS) is 10.1. The van der Waals surface area contributed by atoms with Crippen LogP contribution >= 0.6 is 15.9 Å². The predicted octanol–water partition coefficient (Wildman–Crippen LogP) is 2.28. The molecule has 0 fully saturated rings. The Morgan fingerprint density at radius 2 is 2.27 bits per heavy atom. The Hall–Kier alpha value is -1.10. The highest BCUT2D eigenvalue weighted by Crippen LogP contribution is 2.23. The highest BCUT2D eigenvalue weighted by Gasteiger charge is 2.11. The molecule has 1 aromatic carbocycles. The molecular weight excluding hydrogens is 265 g/mol. The Morgan fingerprint density at radius 3 is 2.87 bits per heavy atom. The molecule has 3 nitrogen and oxygen atoms in total. The number of nitrogens with two attached hydrogens (primary N) is 1. The van der Waals surface area contributed by atoms with Crippen molar-refractivity contribution in [3.05, 3.63) is 28.0 Å². The van der Waals surface area contributed by atoms with E-state index in [-0.39, 0.29) is 12.1 Å². The molecule has 0 heterocycles. The summed E-state index contributed by atoms with van der Waals surface area (Å²) in [6.45, 7) is 2.01. The molecule has 15 heavy (non-hydrogen) atoms. The van der Waals surface area contributed by atoms with E-state index >= 15 is 0 Å². The molecular formula is C10H11BrFNO2. The second kappa shape index (κ2) is 5.11. The number of nitrogen functional groups attached to an aromatic ring is 1. The first kappa shape index (κ1) is 12.0. The van der Waals surface area contributed by atoms with Crippen LogP contribution in [0.1, 0.15) is 12.5 Å². The van der Waals surface area contributed by atoms with Crippen LogP contribution in [0.2, 0.25) is 0 Å². The van der Waals surface area contributed by atoms with Gasteiger partial charge >= 0.3 is 5.97 Å². The van der Waals surface area contributed by atoms with Crippen molar-refractivity contribution in [3.8, 4) is 0 Å². The fourth-order valence-corrected chi connectivity index (χ4v) is 1.63. The molecule has 82 valence electrons. The number of carbonyl (C=O) groups is 1. The molecule has 0 spiro atoms. The highest BCUT2D eigenvalue weighted by molar-refractivity contribution is 9.10. The highest BCUT2D eigenvalue weighted by atomic mass is 79.9. The minimum atomic E-state index is -0.538. The summed E-state index contributed by atoms with van der Waals surface area (Å²) in [5.41, 5.74) is 5.92. The molecule has 0 radical (unpaired) electrons. The van der Waals surface area contributed by atoms with Crippen LogP contribution in [-0.2, 0) is 16.0 Å². The van der Waals surface area contributed by atoms with E-state index in [9.17, 15) is 9.18 Å². The fraction of sp³-hybridized carbons (Fsp3) is 0.300. The molecule has 2 N–H and O–H groups in total. The lowest BCUT2D eigenvalue weighted by atomic mass is 10.1. The number of carbonyl (C=O) groups excluding carboxylic acids is 1. The molecule has 0 aliphatic rings. The van der Waals surface area contributed by atoms with Gasteiger partial charge in [-0.15, -0.1) is 0 Å². The second-order valence-corrected chi connectivity index (χ2v) is 3.86. The first-order valence-electron chi connectivity index (χ1n) is 4.43. The van der Waals surface area contributed by atoms with E-state index < -0.39 is 11.8 Å². The van der Waals surface area contributed by atoms with Crippen LogP contribution < -0.4 is 5.73 Å². The van der Waals surface area contributed by atoms with Gasteiger partial charge in [-0.05, 0) is 24.6 Å². The molecule has 5 heteroatoms. The average molecular weight is 276 g/mol. The van der Waals surface area contributed by atoms with Crippen LogP contribution in [0.5, 0.6) is 0 Å². The van der Waals surface area contributed by atoms with Crippen molar-refractivity contribution in [1.82, 2.24) is 0 Å². The zero-order valence-electron chi connectivity index (χ0n) is 8.22. The molecule has 0 bridgehead atoms. The van der Waals surface area contributed by atoms with Gasteiger partial charge in [-0.1, -0.05) is 15.9 Å². The van der Waals surface area contributed by atoms with Crippen LogP contribution in [0.3, 0.4) is 0 Å². The zero-order chi connectivity index (χ0) is 11.4. The van der Waals surface area contributed by atoms with Crippen molar-refractivity contribution in [2.45, 2.75) is 13.3 Å². The van der Waals surface area contributed by atoms with Gasteiger partial charge in [0.1, 0.15) is 5.82 Å². The number of rotatable bonds is 3. The van der Waals surface area contributed by atoms with Crippen LogP contribution in [-0.4, -0.2) is 12.6 Å². The summed E-state index contributed by atoms with van der Waals surface area (Å²) >= 11 is 3.13. The number of esters is 1. The van der Waals surface area contributed by atoms with Gasteiger partial charge in [-0.2, -0.15) is 0 Å². The van der Waals surface area contributed by atoms with Crippen LogP contribution in [0.25, 0.3) is 0 Å². The molecule has 0 aliphatic carbocycles. The number of anilines is 1. The van der Waals surface area contributed by atoms with Gasteiger partial charge in [-0.25, -0.2) is 4.39 Å². The maximum atomic E-state index is 13.2.